The lowest BCUT2D eigenvalue weighted by atomic mass is 10.2. The smallest absolute Gasteiger partial charge is 0.317 e. The second-order valence-corrected chi connectivity index (χ2v) is 7.34. The molecule has 1 heterocycles. The van der Waals surface area contributed by atoms with Gasteiger partial charge in [-0.2, -0.15) is 11.8 Å². The zero-order chi connectivity index (χ0) is 13.6. The van der Waals surface area contributed by atoms with Gasteiger partial charge >= 0.3 is 6.03 Å². The van der Waals surface area contributed by atoms with Gasteiger partial charge in [-0.05, 0) is 34.1 Å². The SMILES string of the molecule is CC(C)OCCCNC(=O)N1CCSC(C)(C)C1. The van der Waals surface area contributed by atoms with Crippen LogP contribution in [0.1, 0.15) is 34.1 Å². The van der Waals surface area contributed by atoms with E-state index in [9.17, 15) is 4.79 Å². The quantitative estimate of drug-likeness (QED) is 0.782. The molecule has 5 heteroatoms. The Kier molecular flexibility index (Phi) is 6.29. The lowest BCUT2D eigenvalue weighted by Gasteiger charge is -2.37. The van der Waals surface area contributed by atoms with Crippen molar-refractivity contribution in [2.24, 2.45) is 0 Å². The first-order valence-corrected chi connectivity index (χ1v) is 7.67. The molecule has 0 atom stereocenters. The van der Waals surface area contributed by atoms with E-state index in [0.717, 1.165) is 25.3 Å². The number of nitrogens with zero attached hydrogens (tertiary/aromatic N) is 1. The molecule has 0 unspecified atom stereocenters. The lowest BCUT2D eigenvalue weighted by Crippen LogP contribution is -2.50. The molecule has 18 heavy (non-hydrogen) atoms. The van der Waals surface area contributed by atoms with E-state index in [4.69, 9.17) is 4.74 Å². The predicted molar refractivity (Wildman–Crippen MR) is 77.2 cm³/mol. The number of ether oxygens (including phenoxy) is 1. The maximum Gasteiger partial charge on any atom is 0.317 e. The van der Waals surface area contributed by atoms with Crippen molar-refractivity contribution in [2.75, 3.05) is 32.0 Å². The van der Waals surface area contributed by atoms with Gasteiger partial charge in [-0.1, -0.05) is 0 Å². The molecule has 1 aliphatic heterocycles. The van der Waals surface area contributed by atoms with Crippen molar-refractivity contribution in [1.82, 2.24) is 10.2 Å². The highest BCUT2D eigenvalue weighted by atomic mass is 32.2. The Labute approximate surface area is 115 Å². The van der Waals surface area contributed by atoms with Crippen molar-refractivity contribution in [3.05, 3.63) is 0 Å². The maximum atomic E-state index is 11.9. The normalized spacial score (nSPS) is 19.1. The second kappa shape index (κ2) is 7.24. The average molecular weight is 274 g/mol. The fourth-order valence-electron chi connectivity index (χ4n) is 1.89. The van der Waals surface area contributed by atoms with Gasteiger partial charge in [-0.3, -0.25) is 0 Å². The first-order valence-electron chi connectivity index (χ1n) is 6.69. The highest BCUT2D eigenvalue weighted by molar-refractivity contribution is 8.00. The third-order valence-corrected chi connectivity index (χ3v) is 4.06. The molecule has 106 valence electrons. The number of urea groups is 1. The van der Waals surface area contributed by atoms with Crippen LogP contribution in [0.5, 0.6) is 0 Å². The van der Waals surface area contributed by atoms with Gasteiger partial charge in [-0.15, -0.1) is 0 Å². The maximum absolute atomic E-state index is 11.9. The number of thioether (sulfide) groups is 1. The Morgan fingerprint density at radius 3 is 2.83 bits per heavy atom. The van der Waals surface area contributed by atoms with E-state index >= 15 is 0 Å². The number of carbonyl (C=O) groups excluding carboxylic acids is 1. The van der Waals surface area contributed by atoms with Crippen molar-refractivity contribution in [3.8, 4) is 0 Å². The van der Waals surface area contributed by atoms with Crippen LogP contribution in [0.4, 0.5) is 4.79 Å². The van der Waals surface area contributed by atoms with E-state index in [1.807, 2.05) is 30.5 Å². The van der Waals surface area contributed by atoms with Gasteiger partial charge in [0.2, 0.25) is 0 Å². The first kappa shape index (κ1) is 15.6. The van der Waals surface area contributed by atoms with E-state index in [-0.39, 0.29) is 16.9 Å². The monoisotopic (exact) mass is 274 g/mol. The van der Waals surface area contributed by atoms with Crippen molar-refractivity contribution < 1.29 is 9.53 Å². The van der Waals surface area contributed by atoms with Gasteiger partial charge < -0.3 is 15.0 Å². The summed E-state index contributed by atoms with van der Waals surface area (Å²) >= 11 is 1.94. The zero-order valence-corrected chi connectivity index (χ0v) is 12.8. The Morgan fingerprint density at radius 1 is 1.50 bits per heavy atom. The molecule has 1 saturated heterocycles. The van der Waals surface area contributed by atoms with E-state index in [2.05, 4.69) is 19.2 Å². The summed E-state index contributed by atoms with van der Waals surface area (Å²) in [4.78, 5) is 13.9. The number of rotatable bonds is 5. The second-order valence-electron chi connectivity index (χ2n) is 5.53. The molecule has 2 amide bonds. The molecule has 1 fully saturated rings. The Hall–Kier alpha value is -0.420. The van der Waals surface area contributed by atoms with Crippen LogP contribution in [-0.2, 0) is 4.74 Å². The minimum absolute atomic E-state index is 0.0629. The van der Waals surface area contributed by atoms with Crippen LogP contribution in [0.2, 0.25) is 0 Å². The first-order chi connectivity index (χ1) is 8.41. The predicted octanol–water partition coefficient (Wildman–Crippen LogP) is 2.34. The van der Waals surface area contributed by atoms with Crippen LogP contribution in [0.15, 0.2) is 0 Å². The van der Waals surface area contributed by atoms with Gasteiger partial charge in [-0.25, -0.2) is 4.79 Å². The van der Waals surface area contributed by atoms with Crippen molar-refractivity contribution in [1.29, 1.82) is 0 Å². The fourth-order valence-corrected chi connectivity index (χ4v) is 3.00. The molecule has 0 aromatic heterocycles. The number of hydrogen-bond acceptors (Lipinski definition) is 3. The summed E-state index contributed by atoms with van der Waals surface area (Å²) in [7, 11) is 0. The standard InChI is InChI=1S/C13H26N2O2S/c1-11(2)17-8-5-6-14-12(16)15-7-9-18-13(3,4)10-15/h11H,5-10H2,1-4H3,(H,14,16). The van der Waals surface area contributed by atoms with Gasteiger partial charge in [0, 0.05) is 36.7 Å². The number of nitrogens with one attached hydrogen (secondary N) is 1. The highest BCUT2D eigenvalue weighted by Crippen LogP contribution is 2.29. The molecule has 4 nitrogen and oxygen atoms in total. The number of carbonyl (C=O) groups is 1. The summed E-state index contributed by atoms with van der Waals surface area (Å²) in [5.74, 6) is 1.02. The molecule has 1 N–H and O–H groups in total. The van der Waals surface area contributed by atoms with Gasteiger partial charge in [0.05, 0.1) is 6.10 Å². The van der Waals surface area contributed by atoms with E-state index < -0.39 is 0 Å². The summed E-state index contributed by atoms with van der Waals surface area (Å²) in [5, 5.41) is 2.96. The Balaban J connectivity index is 2.16. The lowest BCUT2D eigenvalue weighted by molar-refractivity contribution is 0.0771. The van der Waals surface area contributed by atoms with E-state index in [1.165, 1.54) is 0 Å². The number of amides is 2. The highest BCUT2D eigenvalue weighted by Gasteiger charge is 2.29. The van der Waals surface area contributed by atoms with Crippen molar-refractivity contribution in [2.45, 2.75) is 45.0 Å². The van der Waals surface area contributed by atoms with Crippen LogP contribution in [-0.4, -0.2) is 53.8 Å². The third-order valence-electron chi connectivity index (χ3n) is 2.76. The van der Waals surface area contributed by atoms with Crippen molar-refractivity contribution >= 4 is 17.8 Å². The minimum atomic E-state index is 0.0629. The Bertz CT molecular complexity index is 270. The topological polar surface area (TPSA) is 41.6 Å². The largest absolute Gasteiger partial charge is 0.379 e. The molecule has 0 aliphatic carbocycles. The Morgan fingerprint density at radius 2 is 2.22 bits per heavy atom. The van der Waals surface area contributed by atoms with Gasteiger partial charge in [0.25, 0.3) is 0 Å². The van der Waals surface area contributed by atoms with Gasteiger partial charge in [0.1, 0.15) is 0 Å². The summed E-state index contributed by atoms with van der Waals surface area (Å²) in [6.45, 7) is 11.5. The fraction of sp³-hybridized carbons (Fsp3) is 0.923. The van der Waals surface area contributed by atoms with Crippen LogP contribution in [0, 0.1) is 0 Å². The zero-order valence-electron chi connectivity index (χ0n) is 12.0. The molecule has 0 spiro atoms. The molecule has 1 aliphatic rings. The minimum Gasteiger partial charge on any atom is -0.379 e. The molecule has 0 aromatic rings. The molecular weight excluding hydrogens is 248 g/mol. The van der Waals surface area contributed by atoms with Crippen LogP contribution in [0.25, 0.3) is 0 Å². The summed E-state index contributed by atoms with van der Waals surface area (Å²) in [5.41, 5.74) is 0. The molecule has 0 saturated carbocycles. The van der Waals surface area contributed by atoms with Gasteiger partial charge in [0.15, 0.2) is 0 Å². The van der Waals surface area contributed by atoms with Crippen LogP contribution >= 0.6 is 11.8 Å². The third kappa shape index (κ3) is 5.96. The summed E-state index contributed by atoms with van der Waals surface area (Å²) < 4.78 is 5.61. The summed E-state index contributed by atoms with van der Waals surface area (Å²) in [6, 6.07) is 0.0629. The molecule has 0 radical (unpaired) electrons. The molecule has 0 aromatic carbocycles. The van der Waals surface area contributed by atoms with E-state index in [0.29, 0.717) is 13.2 Å². The average Bonchev–Trinajstić information content (AvgIpc) is 2.26. The van der Waals surface area contributed by atoms with Crippen LogP contribution in [0.3, 0.4) is 0 Å². The van der Waals surface area contributed by atoms with Crippen LogP contribution < -0.4 is 5.32 Å². The molecule has 0 bridgehead atoms. The summed E-state index contributed by atoms with van der Waals surface area (Å²) in [6.07, 6.45) is 1.14. The van der Waals surface area contributed by atoms with Crippen molar-refractivity contribution in [3.63, 3.8) is 0 Å². The number of hydrogen-bond donors (Lipinski definition) is 1. The molecule has 1 rings (SSSR count). The molecular formula is C13H26N2O2S. The van der Waals surface area contributed by atoms with E-state index in [1.54, 1.807) is 0 Å².